The van der Waals surface area contributed by atoms with E-state index in [1.807, 2.05) is 92.7 Å². The van der Waals surface area contributed by atoms with Gasteiger partial charge in [0.15, 0.2) is 0 Å². The topological polar surface area (TPSA) is 131 Å². The number of aliphatic hydroxyl groups is 3. The van der Waals surface area contributed by atoms with E-state index in [2.05, 4.69) is 16.0 Å². The number of aliphatic hydroxyl groups excluding tert-OH is 3. The normalized spacial score (nSPS) is 12.9. The molecule has 0 radical (unpaired) electrons. The summed E-state index contributed by atoms with van der Waals surface area (Å²) in [5, 5.41) is 37.2. The molecule has 3 rings (SSSR count). The Hall–Kier alpha value is -3.56. The number of aryl methyl sites for hydroxylation is 1. The van der Waals surface area contributed by atoms with Gasteiger partial charge < -0.3 is 31.3 Å². The summed E-state index contributed by atoms with van der Waals surface area (Å²) in [6.07, 6.45) is 0.250. The molecular weight excluding hydrogens is 506 g/mol. The lowest BCUT2D eigenvalue weighted by Crippen LogP contribution is -2.51. The molecule has 40 heavy (non-hydrogen) atoms. The Morgan fingerprint density at radius 3 is 2.23 bits per heavy atom. The standard InChI is InChI=1S/C32H41N3O5/c1-32(2,34-20-27(38)22-37)18-30(39)35-29(17-14-23-8-4-3-5-9-23)31(40)33-19-24-12-15-25(16-13-24)28-11-7-6-10-26(28)21-36/h3-13,15-16,27,29,34,36-38H,14,17-22H2,1-2H3,(H,33,40)(H,35,39)/t27-,29+/m0/s1. The molecular formula is C32H41N3O5. The maximum atomic E-state index is 13.2. The van der Waals surface area contributed by atoms with E-state index in [4.69, 9.17) is 5.11 Å². The largest absolute Gasteiger partial charge is 0.394 e. The highest BCUT2D eigenvalue weighted by Gasteiger charge is 2.26. The Bertz CT molecular complexity index is 1210. The predicted octanol–water partition coefficient (Wildman–Crippen LogP) is 2.69. The van der Waals surface area contributed by atoms with Crippen LogP contribution in [0.3, 0.4) is 0 Å². The monoisotopic (exact) mass is 547 g/mol. The van der Waals surface area contributed by atoms with Crippen LogP contribution in [0.25, 0.3) is 11.1 Å². The van der Waals surface area contributed by atoms with Gasteiger partial charge in [-0.3, -0.25) is 9.59 Å². The molecule has 214 valence electrons. The Morgan fingerprint density at radius 1 is 0.875 bits per heavy atom. The quantitative estimate of drug-likeness (QED) is 0.174. The van der Waals surface area contributed by atoms with Gasteiger partial charge in [0.2, 0.25) is 11.8 Å². The third-order valence-corrected chi connectivity index (χ3v) is 6.77. The molecule has 0 aliphatic rings. The van der Waals surface area contributed by atoms with Crippen LogP contribution in [0.5, 0.6) is 0 Å². The third-order valence-electron chi connectivity index (χ3n) is 6.77. The van der Waals surface area contributed by atoms with E-state index in [-0.39, 0.29) is 38.0 Å². The van der Waals surface area contributed by atoms with Crippen molar-refractivity contribution in [1.82, 2.24) is 16.0 Å². The van der Waals surface area contributed by atoms with Crippen molar-refractivity contribution in [1.29, 1.82) is 0 Å². The molecule has 0 bridgehead atoms. The smallest absolute Gasteiger partial charge is 0.242 e. The number of hydrogen-bond acceptors (Lipinski definition) is 6. The van der Waals surface area contributed by atoms with Gasteiger partial charge in [-0.2, -0.15) is 0 Å². The average Bonchev–Trinajstić information content (AvgIpc) is 2.97. The van der Waals surface area contributed by atoms with Gasteiger partial charge in [0, 0.05) is 25.0 Å². The van der Waals surface area contributed by atoms with Crippen molar-refractivity contribution in [3.63, 3.8) is 0 Å². The first-order valence-corrected chi connectivity index (χ1v) is 13.6. The minimum absolute atomic E-state index is 0.0398. The fourth-order valence-electron chi connectivity index (χ4n) is 4.45. The zero-order valence-electron chi connectivity index (χ0n) is 23.3. The number of amides is 2. The zero-order chi connectivity index (χ0) is 29.0. The average molecular weight is 548 g/mol. The van der Waals surface area contributed by atoms with Crippen molar-refractivity contribution in [3.05, 3.63) is 95.6 Å². The minimum Gasteiger partial charge on any atom is -0.394 e. The zero-order valence-corrected chi connectivity index (χ0v) is 23.3. The van der Waals surface area contributed by atoms with E-state index in [0.29, 0.717) is 19.4 Å². The SMILES string of the molecule is CC(C)(CC(=O)N[C@H](CCc1ccccc1)C(=O)NCc1ccc(-c2ccccc2CO)cc1)NC[C@H](O)CO. The molecule has 0 saturated heterocycles. The van der Waals surface area contributed by atoms with Crippen molar-refractivity contribution in [3.8, 4) is 11.1 Å². The highest BCUT2D eigenvalue weighted by atomic mass is 16.3. The molecule has 2 amide bonds. The number of carbonyl (C=O) groups is 2. The van der Waals surface area contributed by atoms with Crippen LogP contribution in [0.15, 0.2) is 78.9 Å². The number of rotatable bonds is 15. The summed E-state index contributed by atoms with van der Waals surface area (Å²) in [6.45, 7) is 3.72. The summed E-state index contributed by atoms with van der Waals surface area (Å²) >= 11 is 0. The summed E-state index contributed by atoms with van der Waals surface area (Å²) in [4.78, 5) is 26.2. The first-order valence-electron chi connectivity index (χ1n) is 13.6. The highest BCUT2D eigenvalue weighted by Crippen LogP contribution is 2.24. The molecule has 3 aromatic carbocycles. The summed E-state index contributed by atoms with van der Waals surface area (Å²) < 4.78 is 0. The Labute approximate surface area is 236 Å². The lowest BCUT2D eigenvalue weighted by atomic mass is 9.98. The first-order chi connectivity index (χ1) is 19.2. The van der Waals surface area contributed by atoms with Crippen molar-refractivity contribution >= 4 is 11.8 Å². The Kier molecular flexibility index (Phi) is 11.8. The van der Waals surface area contributed by atoms with Gasteiger partial charge in [-0.05, 0) is 54.5 Å². The molecule has 0 fully saturated rings. The number of hydrogen-bond donors (Lipinski definition) is 6. The Morgan fingerprint density at radius 2 is 1.55 bits per heavy atom. The molecule has 3 aromatic rings. The van der Waals surface area contributed by atoms with E-state index in [0.717, 1.165) is 27.8 Å². The molecule has 0 aliphatic heterocycles. The van der Waals surface area contributed by atoms with Crippen LogP contribution < -0.4 is 16.0 Å². The predicted molar refractivity (Wildman–Crippen MR) is 156 cm³/mol. The van der Waals surface area contributed by atoms with Gasteiger partial charge in [0.25, 0.3) is 0 Å². The maximum absolute atomic E-state index is 13.2. The van der Waals surface area contributed by atoms with Crippen LogP contribution in [-0.4, -0.2) is 58.0 Å². The minimum atomic E-state index is -0.912. The van der Waals surface area contributed by atoms with Crippen molar-refractivity contribution in [2.24, 2.45) is 0 Å². The molecule has 8 nitrogen and oxygen atoms in total. The number of β-amino-alcohol motifs (C(OH)–C–C–N with tert-alkyl or cyclic N) is 1. The number of carbonyl (C=O) groups excluding carboxylic acids is 2. The van der Waals surface area contributed by atoms with Crippen LogP contribution in [0.1, 0.15) is 43.4 Å². The molecule has 0 aromatic heterocycles. The second-order valence-corrected chi connectivity index (χ2v) is 10.7. The fourth-order valence-corrected chi connectivity index (χ4v) is 4.45. The summed E-state index contributed by atoms with van der Waals surface area (Å²) in [7, 11) is 0. The highest BCUT2D eigenvalue weighted by molar-refractivity contribution is 5.88. The molecule has 0 saturated carbocycles. The van der Waals surface area contributed by atoms with Crippen LogP contribution in [0, 0.1) is 0 Å². The lowest BCUT2D eigenvalue weighted by Gasteiger charge is -2.28. The molecule has 8 heteroatoms. The molecule has 2 atom stereocenters. The number of benzene rings is 3. The molecule has 0 spiro atoms. The van der Waals surface area contributed by atoms with Crippen LogP contribution in [0.4, 0.5) is 0 Å². The fraction of sp³-hybridized carbons (Fsp3) is 0.375. The summed E-state index contributed by atoms with van der Waals surface area (Å²) in [6, 6.07) is 24.6. The van der Waals surface area contributed by atoms with E-state index in [1.54, 1.807) is 0 Å². The molecule has 0 aliphatic carbocycles. The summed E-state index contributed by atoms with van der Waals surface area (Å²) in [5.41, 5.74) is 4.15. The van der Waals surface area contributed by atoms with Crippen LogP contribution in [-0.2, 0) is 29.2 Å². The van der Waals surface area contributed by atoms with E-state index < -0.39 is 17.7 Å². The molecule has 6 N–H and O–H groups in total. The summed E-state index contributed by atoms with van der Waals surface area (Å²) in [5.74, 6) is -0.545. The van der Waals surface area contributed by atoms with E-state index in [1.165, 1.54) is 0 Å². The van der Waals surface area contributed by atoms with Gasteiger partial charge in [0.1, 0.15) is 6.04 Å². The van der Waals surface area contributed by atoms with Gasteiger partial charge in [-0.1, -0.05) is 78.9 Å². The van der Waals surface area contributed by atoms with Gasteiger partial charge >= 0.3 is 0 Å². The lowest BCUT2D eigenvalue weighted by molar-refractivity contribution is -0.129. The Balaban J connectivity index is 1.63. The van der Waals surface area contributed by atoms with Crippen molar-refractivity contribution in [2.45, 2.75) is 63.9 Å². The van der Waals surface area contributed by atoms with Gasteiger partial charge in [-0.25, -0.2) is 0 Å². The van der Waals surface area contributed by atoms with Crippen molar-refractivity contribution in [2.75, 3.05) is 13.2 Å². The van der Waals surface area contributed by atoms with E-state index >= 15 is 0 Å². The van der Waals surface area contributed by atoms with Crippen LogP contribution >= 0.6 is 0 Å². The van der Waals surface area contributed by atoms with E-state index in [9.17, 15) is 19.8 Å². The number of nitrogens with one attached hydrogen (secondary N) is 3. The molecule has 0 unspecified atom stereocenters. The maximum Gasteiger partial charge on any atom is 0.242 e. The van der Waals surface area contributed by atoms with Gasteiger partial charge in [0.05, 0.1) is 19.3 Å². The first kappa shape index (κ1) is 31.0. The van der Waals surface area contributed by atoms with Crippen molar-refractivity contribution < 1.29 is 24.9 Å². The second-order valence-electron chi connectivity index (χ2n) is 10.7. The molecule has 0 heterocycles. The van der Waals surface area contributed by atoms with Gasteiger partial charge in [-0.15, -0.1) is 0 Å². The third kappa shape index (κ3) is 9.88. The second kappa shape index (κ2) is 15.3. The van der Waals surface area contributed by atoms with Crippen LogP contribution in [0.2, 0.25) is 0 Å².